The van der Waals surface area contributed by atoms with Crippen LogP contribution in [0.1, 0.15) is 49.9 Å². The normalized spacial score (nSPS) is 13.5. The fraction of sp³-hybridized carbons (Fsp3) is 0.333. The van der Waals surface area contributed by atoms with Crippen molar-refractivity contribution in [2.45, 2.75) is 32.8 Å². The molecule has 0 fully saturated rings. The van der Waals surface area contributed by atoms with Crippen molar-refractivity contribution in [2.75, 3.05) is 33.5 Å². The van der Waals surface area contributed by atoms with Gasteiger partial charge in [-0.15, -0.1) is 0 Å². The number of aliphatic hydroxyl groups is 1. The summed E-state index contributed by atoms with van der Waals surface area (Å²) in [7, 11) is 1.32. The average molecular weight is 861 g/mol. The van der Waals surface area contributed by atoms with E-state index < -0.39 is 11.9 Å². The van der Waals surface area contributed by atoms with Gasteiger partial charge in [-0.05, 0) is 25.1 Å². The minimum absolute atomic E-state index is 0.0614. The predicted octanol–water partition coefficient (Wildman–Crippen LogP) is 8.57. The number of aliphatic hydroxyl groups excluding tert-OH is 1. The van der Waals surface area contributed by atoms with Gasteiger partial charge in [0.05, 0.1) is 66.3 Å². The molecule has 0 unspecified atom stereocenters. The third-order valence-electron chi connectivity index (χ3n) is 6.75. The Morgan fingerprint density at radius 2 is 1.16 bits per heavy atom. The predicted molar refractivity (Wildman–Crippen MR) is 178 cm³/mol. The van der Waals surface area contributed by atoms with Gasteiger partial charge in [-0.25, -0.2) is 9.59 Å². The third kappa shape index (κ3) is 7.45. The van der Waals surface area contributed by atoms with Crippen molar-refractivity contribution in [3.05, 3.63) is 80.1 Å². The molecule has 0 spiro atoms. The molecule has 14 heteroatoms. The summed E-state index contributed by atoms with van der Waals surface area (Å²) < 4.78 is 28.4. The largest absolute Gasteiger partial charge is 0.491 e. The molecular formula is C30H26Br3Cl3O8. The average Bonchev–Trinajstić information content (AvgIpc) is 3.80. The Balaban J connectivity index is 0.000000151. The summed E-state index contributed by atoms with van der Waals surface area (Å²) >= 11 is 28.4. The quantitative estimate of drug-likeness (QED) is 0.261. The molecule has 0 atom stereocenters. The van der Waals surface area contributed by atoms with Crippen molar-refractivity contribution in [3.63, 3.8) is 0 Å². The van der Waals surface area contributed by atoms with E-state index >= 15 is 0 Å². The summed E-state index contributed by atoms with van der Waals surface area (Å²) in [6.07, 6.45) is 2.48. The SMILES string of the molecule is CCOC(=O)c1cc(Br)c2c(c1Cl)OCC2.COC(=O)c1cc(Br)c2c(c1Cl)OCC2.OCc1cc(Br)c2c(c1Cl)OCC2. The number of hydrogen-bond acceptors (Lipinski definition) is 8. The van der Waals surface area contributed by atoms with Crippen LogP contribution >= 0.6 is 82.6 Å². The van der Waals surface area contributed by atoms with Gasteiger partial charge in [-0.2, -0.15) is 0 Å². The van der Waals surface area contributed by atoms with Crippen LogP contribution in [0.2, 0.25) is 15.1 Å². The summed E-state index contributed by atoms with van der Waals surface area (Å²) in [4.78, 5) is 23.0. The summed E-state index contributed by atoms with van der Waals surface area (Å²) in [6.45, 7) is 3.88. The zero-order valence-corrected chi connectivity index (χ0v) is 30.5. The highest BCUT2D eigenvalue weighted by Crippen LogP contribution is 2.43. The van der Waals surface area contributed by atoms with E-state index in [-0.39, 0.29) is 6.61 Å². The Kier molecular flexibility index (Phi) is 12.5. The highest BCUT2D eigenvalue weighted by atomic mass is 79.9. The van der Waals surface area contributed by atoms with Crippen LogP contribution in [0.15, 0.2) is 31.6 Å². The number of hydrogen-bond donors (Lipinski definition) is 1. The van der Waals surface area contributed by atoms with Crippen LogP contribution < -0.4 is 14.2 Å². The van der Waals surface area contributed by atoms with E-state index in [0.29, 0.717) is 69.7 Å². The molecule has 0 radical (unpaired) electrons. The molecular weight excluding hydrogens is 834 g/mol. The number of methoxy groups -OCH3 is 1. The number of fused-ring (bicyclic) bond motifs is 3. The minimum atomic E-state index is -0.459. The van der Waals surface area contributed by atoms with Crippen LogP contribution in [-0.4, -0.2) is 50.6 Å². The van der Waals surface area contributed by atoms with Crippen molar-refractivity contribution in [1.29, 1.82) is 0 Å². The lowest BCUT2D eigenvalue weighted by Crippen LogP contribution is -2.06. The maximum atomic E-state index is 11.6. The van der Waals surface area contributed by atoms with Crippen molar-refractivity contribution in [2.24, 2.45) is 0 Å². The van der Waals surface area contributed by atoms with Crippen LogP contribution in [0.25, 0.3) is 0 Å². The van der Waals surface area contributed by atoms with Crippen LogP contribution in [0.4, 0.5) is 0 Å². The first-order valence-electron chi connectivity index (χ1n) is 13.3. The smallest absolute Gasteiger partial charge is 0.339 e. The number of rotatable bonds is 4. The van der Waals surface area contributed by atoms with Crippen LogP contribution in [0, 0.1) is 0 Å². The van der Waals surface area contributed by atoms with Gasteiger partial charge in [0.2, 0.25) is 0 Å². The highest BCUT2D eigenvalue weighted by molar-refractivity contribution is 9.11. The Labute approximate surface area is 294 Å². The number of halogens is 6. The molecule has 0 aliphatic carbocycles. The second kappa shape index (κ2) is 15.7. The Hall–Kier alpha value is -1.73. The van der Waals surface area contributed by atoms with E-state index in [4.69, 9.17) is 58.9 Å². The van der Waals surface area contributed by atoms with Crippen LogP contribution in [0.3, 0.4) is 0 Å². The van der Waals surface area contributed by atoms with Crippen molar-refractivity contribution in [1.82, 2.24) is 0 Å². The van der Waals surface area contributed by atoms with Crippen LogP contribution in [-0.2, 0) is 35.3 Å². The second-order valence-corrected chi connectivity index (χ2v) is 13.1. The van der Waals surface area contributed by atoms with Crippen molar-refractivity contribution in [3.8, 4) is 17.2 Å². The minimum Gasteiger partial charge on any atom is -0.491 e. The maximum Gasteiger partial charge on any atom is 0.339 e. The monoisotopic (exact) mass is 856 g/mol. The molecule has 3 aromatic rings. The van der Waals surface area contributed by atoms with Gasteiger partial charge in [0, 0.05) is 54.9 Å². The molecule has 1 N–H and O–H groups in total. The van der Waals surface area contributed by atoms with Gasteiger partial charge in [-0.3, -0.25) is 0 Å². The molecule has 3 aliphatic heterocycles. The molecule has 3 heterocycles. The number of esters is 2. The van der Waals surface area contributed by atoms with E-state index in [9.17, 15) is 9.59 Å². The Morgan fingerprint density at radius 3 is 1.57 bits per heavy atom. The zero-order chi connectivity index (χ0) is 32.1. The Bertz CT molecular complexity index is 1600. The molecule has 3 aliphatic rings. The molecule has 0 amide bonds. The van der Waals surface area contributed by atoms with Gasteiger partial charge < -0.3 is 28.8 Å². The van der Waals surface area contributed by atoms with Gasteiger partial charge in [0.15, 0.2) is 0 Å². The molecule has 0 saturated heterocycles. The van der Waals surface area contributed by atoms with Gasteiger partial charge in [0.25, 0.3) is 0 Å². The van der Waals surface area contributed by atoms with Crippen molar-refractivity contribution < 1.29 is 38.4 Å². The first kappa shape index (κ1) is 35.1. The molecule has 0 aromatic heterocycles. The molecule has 0 bridgehead atoms. The molecule has 6 rings (SSSR count). The van der Waals surface area contributed by atoms with Crippen LogP contribution in [0.5, 0.6) is 17.2 Å². The van der Waals surface area contributed by atoms with E-state index in [1.165, 1.54) is 7.11 Å². The lowest BCUT2D eigenvalue weighted by molar-refractivity contribution is 0.0525. The highest BCUT2D eigenvalue weighted by Gasteiger charge is 2.26. The van der Waals surface area contributed by atoms with E-state index in [1.54, 1.807) is 19.1 Å². The third-order valence-corrected chi connectivity index (χ3v) is 10.0. The van der Waals surface area contributed by atoms with Crippen molar-refractivity contribution >= 4 is 94.5 Å². The molecule has 8 nitrogen and oxygen atoms in total. The summed E-state index contributed by atoms with van der Waals surface area (Å²) in [5.74, 6) is 1.02. The molecule has 44 heavy (non-hydrogen) atoms. The van der Waals surface area contributed by atoms with E-state index in [2.05, 4.69) is 52.5 Å². The van der Waals surface area contributed by atoms with E-state index in [0.717, 1.165) is 55.1 Å². The standard InChI is InChI=1S/C11H10BrClO3.C10H8BrClO3.C9H8BrClO2/c1-2-15-11(14)7-5-8(12)6-3-4-16-10(6)9(7)13;1-14-10(13)6-4-7(11)5-2-3-15-9(5)8(6)12;10-7-3-5(4-12)8(11)9-6(7)1-2-13-9/h5H,2-4H2,1H3;4H,2-3H2,1H3;3,12H,1-2,4H2. The number of benzene rings is 3. The van der Waals surface area contributed by atoms with Gasteiger partial charge in [0.1, 0.15) is 17.2 Å². The summed E-state index contributed by atoms with van der Waals surface area (Å²) in [6, 6.07) is 5.20. The molecule has 3 aromatic carbocycles. The number of ether oxygens (including phenoxy) is 5. The topological polar surface area (TPSA) is 101 Å². The Morgan fingerprint density at radius 1 is 0.750 bits per heavy atom. The summed E-state index contributed by atoms with van der Waals surface area (Å²) in [5, 5.41) is 10.2. The van der Waals surface area contributed by atoms with E-state index in [1.807, 2.05) is 6.07 Å². The summed E-state index contributed by atoms with van der Waals surface area (Å²) in [5.41, 5.74) is 4.49. The lowest BCUT2D eigenvalue weighted by atomic mass is 10.1. The fourth-order valence-corrected chi connectivity index (χ4v) is 7.37. The second-order valence-electron chi connectivity index (χ2n) is 9.36. The fourth-order valence-electron chi connectivity index (χ4n) is 4.62. The van der Waals surface area contributed by atoms with Gasteiger partial charge >= 0.3 is 11.9 Å². The number of carbonyl (C=O) groups is 2. The lowest BCUT2D eigenvalue weighted by Gasteiger charge is -2.09. The maximum absolute atomic E-state index is 11.6. The number of carbonyl (C=O) groups excluding carboxylic acids is 2. The first-order chi connectivity index (χ1) is 21.0. The van der Waals surface area contributed by atoms with Gasteiger partial charge in [-0.1, -0.05) is 82.6 Å². The molecule has 236 valence electrons. The zero-order valence-electron chi connectivity index (χ0n) is 23.5. The first-order valence-corrected chi connectivity index (χ1v) is 16.8. The molecule has 0 saturated carbocycles.